The van der Waals surface area contributed by atoms with E-state index in [1.807, 2.05) is 11.8 Å². The van der Waals surface area contributed by atoms with Crippen LogP contribution in [0.2, 0.25) is 0 Å². The van der Waals surface area contributed by atoms with Gasteiger partial charge in [-0.15, -0.1) is 0 Å². The maximum atomic E-state index is 4.28. The average Bonchev–Trinajstić information content (AvgIpc) is 2.86. The molecule has 2 unspecified atom stereocenters. The van der Waals surface area contributed by atoms with E-state index in [1.165, 1.54) is 30.8 Å². The molecule has 0 spiro atoms. The van der Waals surface area contributed by atoms with Crippen molar-refractivity contribution in [2.75, 3.05) is 6.54 Å². The summed E-state index contributed by atoms with van der Waals surface area (Å²) in [6, 6.07) is 0.594. The Kier molecular flexibility index (Phi) is 4.44. The van der Waals surface area contributed by atoms with Crippen molar-refractivity contribution in [2.24, 2.45) is 5.41 Å². The normalized spacial score (nSPS) is 27.5. The molecule has 2 rings (SSSR count). The van der Waals surface area contributed by atoms with Crippen molar-refractivity contribution in [3.63, 3.8) is 0 Å². The lowest BCUT2D eigenvalue weighted by Crippen LogP contribution is -2.43. The first-order chi connectivity index (χ1) is 8.13. The molecule has 5 heteroatoms. The fourth-order valence-corrected chi connectivity index (χ4v) is 4.67. The molecule has 0 aliphatic heterocycles. The molecule has 0 bridgehead atoms. The Morgan fingerprint density at radius 2 is 2.41 bits per heavy atom. The Labute approximate surface area is 112 Å². The molecule has 2 atom stereocenters. The zero-order valence-electron chi connectivity index (χ0n) is 10.8. The Balaban J connectivity index is 2.00. The summed E-state index contributed by atoms with van der Waals surface area (Å²) in [6.07, 6.45) is 5.42. The molecule has 17 heavy (non-hydrogen) atoms. The van der Waals surface area contributed by atoms with E-state index in [9.17, 15) is 0 Å². The van der Waals surface area contributed by atoms with Gasteiger partial charge in [0.1, 0.15) is 6.33 Å². The van der Waals surface area contributed by atoms with E-state index in [1.54, 1.807) is 6.33 Å². The standard InChI is InChI=1S/C12H21N3S2/c1-4-7-13-10-9(5-6-12(10,2)3)16-11-14-8-15-17-11/h8-10,13H,4-7H2,1-3H3. The van der Waals surface area contributed by atoms with Crippen molar-refractivity contribution in [3.8, 4) is 0 Å². The molecule has 1 saturated carbocycles. The van der Waals surface area contributed by atoms with Gasteiger partial charge in [-0.2, -0.15) is 4.37 Å². The molecule has 1 N–H and O–H groups in total. The Morgan fingerprint density at radius 3 is 3.06 bits per heavy atom. The van der Waals surface area contributed by atoms with Gasteiger partial charge in [0, 0.05) is 11.3 Å². The van der Waals surface area contributed by atoms with Crippen LogP contribution in [0.3, 0.4) is 0 Å². The molecule has 1 heterocycles. The monoisotopic (exact) mass is 271 g/mol. The number of nitrogens with one attached hydrogen (secondary N) is 1. The van der Waals surface area contributed by atoms with E-state index in [0.29, 0.717) is 16.7 Å². The van der Waals surface area contributed by atoms with Crippen LogP contribution in [0.1, 0.15) is 40.0 Å². The molecule has 1 aromatic rings. The first-order valence-electron chi connectivity index (χ1n) is 6.30. The minimum atomic E-state index is 0.400. The highest BCUT2D eigenvalue weighted by Gasteiger charge is 2.42. The summed E-state index contributed by atoms with van der Waals surface area (Å²) in [7, 11) is 0. The molecule has 96 valence electrons. The lowest BCUT2D eigenvalue weighted by Gasteiger charge is -2.31. The molecular weight excluding hydrogens is 250 g/mol. The van der Waals surface area contributed by atoms with Gasteiger partial charge in [0.2, 0.25) is 0 Å². The predicted octanol–water partition coefficient (Wildman–Crippen LogP) is 3.19. The van der Waals surface area contributed by atoms with Gasteiger partial charge in [0.25, 0.3) is 0 Å². The Hall–Kier alpha value is -0.130. The average molecular weight is 271 g/mol. The number of hydrogen-bond donors (Lipinski definition) is 1. The highest BCUT2D eigenvalue weighted by molar-refractivity contribution is 8.01. The van der Waals surface area contributed by atoms with Crippen molar-refractivity contribution in [1.82, 2.24) is 14.7 Å². The smallest absolute Gasteiger partial charge is 0.170 e. The SMILES string of the molecule is CCCNC1C(Sc2ncns2)CCC1(C)C. The summed E-state index contributed by atoms with van der Waals surface area (Å²) >= 11 is 3.41. The highest BCUT2D eigenvalue weighted by Crippen LogP contribution is 2.45. The van der Waals surface area contributed by atoms with Gasteiger partial charge in [-0.25, -0.2) is 4.98 Å². The van der Waals surface area contributed by atoms with Gasteiger partial charge in [0.05, 0.1) is 0 Å². The zero-order valence-corrected chi connectivity index (χ0v) is 12.4. The van der Waals surface area contributed by atoms with Crippen LogP contribution in [0.25, 0.3) is 0 Å². The van der Waals surface area contributed by atoms with E-state index >= 15 is 0 Å². The van der Waals surface area contributed by atoms with Crippen LogP contribution in [0.5, 0.6) is 0 Å². The quantitative estimate of drug-likeness (QED) is 0.892. The minimum absolute atomic E-state index is 0.400. The zero-order chi connectivity index (χ0) is 12.3. The lowest BCUT2D eigenvalue weighted by molar-refractivity contribution is 0.287. The van der Waals surface area contributed by atoms with Crippen molar-refractivity contribution < 1.29 is 0 Å². The summed E-state index contributed by atoms with van der Waals surface area (Å²) in [5.74, 6) is 0. The Bertz CT molecular complexity index is 338. The molecule has 0 aromatic carbocycles. The molecule has 0 amide bonds. The van der Waals surface area contributed by atoms with Crippen molar-refractivity contribution in [1.29, 1.82) is 0 Å². The van der Waals surface area contributed by atoms with Crippen LogP contribution in [-0.4, -0.2) is 27.2 Å². The van der Waals surface area contributed by atoms with Gasteiger partial charge in [-0.3, -0.25) is 0 Å². The third kappa shape index (κ3) is 3.20. The second-order valence-electron chi connectivity index (χ2n) is 5.32. The van der Waals surface area contributed by atoms with E-state index < -0.39 is 0 Å². The topological polar surface area (TPSA) is 37.8 Å². The largest absolute Gasteiger partial charge is 0.312 e. The number of thioether (sulfide) groups is 1. The van der Waals surface area contributed by atoms with Crippen LogP contribution < -0.4 is 5.32 Å². The summed E-state index contributed by atoms with van der Waals surface area (Å²) in [6.45, 7) is 8.09. The molecule has 1 fully saturated rings. The maximum Gasteiger partial charge on any atom is 0.170 e. The fourth-order valence-electron chi connectivity index (χ4n) is 2.52. The highest BCUT2D eigenvalue weighted by atomic mass is 32.2. The van der Waals surface area contributed by atoms with Crippen LogP contribution in [-0.2, 0) is 0 Å². The Morgan fingerprint density at radius 1 is 1.59 bits per heavy atom. The summed E-state index contributed by atoms with van der Waals surface area (Å²) in [5, 5.41) is 4.36. The number of hydrogen-bond acceptors (Lipinski definition) is 5. The number of aromatic nitrogens is 2. The first-order valence-corrected chi connectivity index (χ1v) is 7.95. The minimum Gasteiger partial charge on any atom is -0.312 e. The molecular formula is C12H21N3S2. The fraction of sp³-hybridized carbons (Fsp3) is 0.833. The van der Waals surface area contributed by atoms with Crippen LogP contribution in [0.15, 0.2) is 10.7 Å². The van der Waals surface area contributed by atoms with Crippen LogP contribution in [0, 0.1) is 5.41 Å². The van der Waals surface area contributed by atoms with E-state index in [0.717, 1.165) is 10.9 Å². The van der Waals surface area contributed by atoms with Crippen LogP contribution in [0.4, 0.5) is 0 Å². The number of nitrogens with zero attached hydrogens (tertiary/aromatic N) is 2. The first kappa shape index (κ1) is 13.3. The van der Waals surface area contributed by atoms with E-state index in [2.05, 4.69) is 35.4 Å². The van der Waals surface area contributed by atoms with Crippen molar-refractivity contribution in [2.45, 2.75) is 55.7 Å². The van der Waals surface area contributed by atoms with Gasteiger partial charge in [-0.05, 0) is 42.8 Å². The van der Waals surface area contributed by atoms with Gasteiger partial charge in [-0.1, -0.05) is 32.5 Å². The lowest BCUT2D eigenvalue weighted by atomic mass is 9.87. The second-order valence-corrected chi connectivity index (χ2v) is 7.59. The molecule has 1 aliphatic carbocycles. The summed E-state index contributed by atoms with van der Waals surface area (Å²) in [4.78, 5) is 4.28. The third-order valence-corrected chi connectivity index (χ3v) is 5.59. The van der Waals surface area contributed by atoms with Gasteiger partial charge < -0.3 is 5.32 Å². The van der Waals surface area contributed by atoms with Crippen molar-refractivity contribution >= 4 is 23.3 Å². The maximum absolute atomic E-state index is 4.28. The molecule has 0 radical (unpaired) electrons. The van der Waals surface area contributed by atoms with E-state index in [-0.39, 0.29) is 0 Å². The molecule has 3 nitrogen and oxygen atoms in total. The third-order valence-electron chi connectivity index (χ3n) is 3.49. The number of rotatable bonds is 5. The van der Waals surface area contributed by atoms with Gasteiger partial charge in [0.15, 0.2) is 4.34 Å². The van der Waals surface area contributed by atoms with Crippen molar-refractivity contribution in [3.05, 3.63) is 6.33 Å². The molecule has 1 aromatic heterocycles. The van der Waals surface area contributed by atoms with Crippen LogP contribution >= 0.6 is 23.3 Å². The summed E-state index contributed by atoms with van der Waals surface area (Å²) in [5.41, 5.74) is 0.400. The molecule has 1 aliphatic rings. The van der Waals surface area contributed by atoms with Gasteiger partial charge >= 0.3 is 0 Å². The summed E-state index contributed by atoms with van der Waals surface area (Å²) < 4.78 is 5.18. The second kappa shape index (κ2) is 5.67. The molecule has 0 saturated heterocycles. The van der Waals surface area contributed by atoms with E-state index in [4.69, 9.17) is 0 Å². The predicted molar refractivity (Wildman–Crippen MR) is 74.7 cm³/mol.